The number of aromatic nitrogens is 1. The van der Waals surface area contributed by atoms with Gasteiger partial charge in [-0.2, -0.15) is 0 Å². The van der Waals surface area contributed by atoms with Gasteiger partial charge >= 0.3 is 5.97 Å². The highest BCUT2D eigenvalue weighted by atomic mass is 16.5. The maximum absolute atomic E-state index is 10.7. The predicted octanol–water partition coefficient (Wildman–Crippen LogP) is 4.63. The van der Waals surface area contributed by atoms with Crippen LogP contribution in [0.5, 0.6) is 5.75 Å². The molecule has 0 spiro atoms. The van der Waals surface area contributed by atoms with Crippen molar-refractivity contribution in [1.82, 2.24) is 10.5 Å². The van der Waals surface area contributed by atoms with E-state index in [1.54, 1.807) is 7.11 Å². The maximum Gasteiger partial charge on any atom is 0.304 e. The lowest BCUT2D eigenvalue weighted by molar-refractivity contribution is -0.136. The van der Waals surface area contributed by atoms with E-state index in [-0.39, 0.29) is 12.0 Å². The summed E-state index contributed by atoms with van der Waals surface area (Å²) in [6, 6.07) is 15.9. The van der Waals surface area contributed by atoms with Gasteiger partial charge in [0.05, 0.1) is 13.5 Å². The Morgan fingerprint density at radius 1 is 1.14 bits per heavy atom. The molecule has 0 aliphatic rings. The molecule has 0 amide bonds. The zero-order valence-corrected chi connectivity index (χ0v) is 17.2. The van der Waals surface area contributed by atoms with E-state index in [2.05, 4.69) is 10.5 Å². The molecule has 0 atom stereocenters. The average Bonchev–Trinajstić information content (AvgIpc) is 3.18. The number of nitrogens with one attached hydrogen (secondary N) is 1. The first-order chi connectivity index (χ1) is 13.8. The quantitative estimate of drug-likeness (QED) is 0.580. The second kappa shape index (κ2) is 8.49. The molecule has 0 radical (unpaired) electrons. The Bertz CT molecular complexity index is 990. The number of methoxy groups -OCH3 is 1. The molecular weight excluding hydrogens is 368 g/mol. The number of rotatable bonds is 8. The molecule has 1 heterocycles. The van der Waals surface area contributed by atoms with Gasteiger partial charge in [-0.05, 0) is 38.0 Å². The lowest BCUT2D eigenvalue weighted by atomic mass is 9.93. The lowest BCUT2D eigenvalue weighted by Gasteiger charge is -2.27. The van der Waals surface area contributed by atoms with Crippen LogP contribution in [0.4, 0.5) is 0 Å². The molecule has 6 heteroatoms. The van der Waals surface area contributed by atoms with Crippen molar-refractivity contribution in [1.29, 1.82) is 0 Å². The molecule has 0 saturated carbocycles. The van der Waals surface area contributed by atoms with Gasteiger partial charge in [0, 0.05) is 29.3 Å². The maximum atomic E-state index is 10.7. The highest BCUT2D eigenvalue weighted by Crippen LogP contribution is 2.31. The van der Waals surface area contributed by atoms with E-state index in [1.807, 2.05) is 69.3 Å². The molecule has 0 aliphatic heterocycles. The van der Waals surface area contributed by atoms with E-state index in [4.69, 9.17) is 14.4 Å². The van der Waals surface area contributed by atoms with Crippen molar-refractivity contribution in [3.63, 3.8) is 0 Å². The molecule has 6 nitrogen and oxygen atoms in total. The fourth-order valence-electron chi connectivity index (χ4n) is 3.16. The number of benzene rings is 2. The molecule has 29 heavy (non-hydrogen) atoms. The second-order valence-electron chi connectivity index (χ2n) is 7.53. The first kappa shape index (κ1) is 20.6. The molecule has 2 aromatic carbocycles. The summed E-state index contributed by atoms with van der Waals surface area (Å²) < 4.78 is 10.9. The minimum atomic E-state index is -0.809. The lowest BCUT2D eigenvalue weighted by Crippen LogP contribution is -2.37. The van der Waals surface area contributed by atoms with Crippen LogP contribution in [0.25, 0.3) is 22.6 Å². The van der Waals surface area contributed by atoms with E-state index in [0.29, 0.717) is 12.3 Å². The summed E-state index contributed by atoms with van der Waals surface area (Å²) in [6.07, 6.45) is 0.0903. The highest BCUT2D eigenvalue weighted by Gasteiger charge is 2.20. The summed E-state index contributed by atoms with van der Waals surface area (Å²) >= 11 is 0. The number of carboxylic acids is 1. The Labute approximate surface area is 170 Å². The number of aliphatic carboxylic acids is 1. The monoisotopic (exact) mass is 394 g/mol. The Morgan fingerprint density at radius 3 is 2.48 bits per heavy atom. The molecule has 3 rings (SSSR count). The standard InChI is InChI=1S/C23H26N2O4/c1-15-5-6-17(13-20(15)28-4)21-14-19(25-29-21)16-7-9-18(10-8-16)23(2,3)24-12-11-22(26)27/h5-10,13-14,24H,11-12H2,1-4H3,(H,26,27). The SMILES string of the molecule is COc1cc(-c2cc(-c3ccc(C(C)(C)NCCC(=O)O)cc3)no2)ccc1C. The number of ether oxygens (including phenoxy) is 1. The fraction of sp³-hybridized carbons (Fsp3) is 0.304. The van der Waals surface area contributed by atoms with Crippen LogP contribution in [0.3, 0.4) is 0 Å². The summed E-state index contributed by atoms with van der Waals surface area (Å²) in [5, 5.41) is 16.3. The van der Waals surface area contributed by atoms with Crippen LogP contribution in [-0.2, 0) is 10.3 Å². The smallest absolute Gasteiger partial charge is 0.304 e. The van der Waals surface area contributed by atoms with Crippen LogP contribution in [0, 0.1) is 6.92 Å². The Kier molecular flexibility index (Phi) is 6.03. The number of carbonyl (C=O) groups is 1. The molecule has 152 valence electrons. The molecule has 0 saturated heterocycles. The van der Waals surface area contributed by atoms with Crippen molar-refractivity contribution in [2.24, 2.45) is 0 Å². The van der Waals surface area contributed by atoms with Gasteiger partial charge < -0.3 is 19.7 Å². The Balaban J connectivity index is 1.76. The van der Waals surface area contributed by atoms with Crippen molar-refractivity contribution in [3.8, 4) is 28.3 Å². The van der Waals surface area contributed by atoms with Crippen molar-refractivity contribution in [3.05, 3.63) is 59.7 Å². The van der Waals surface area contributed by atoms with E-state index in [1.165, 1.54) is 0 Å². The summed E-state index contributed by atoms with van der Waals surface area (Å²) in [4.78, 5) is 10.7. The highest BCUT2D eigenvalue weighted by molar-refractivity contribution is 5.68. The summed E-state index contributed by atoms with van der Waals surface area (Å²) in [6.45, 7) is 6.47. The van der Waals surface area contributed by atoms with Gasteiger partial charge in [0.2, 0.25) is 0 Å². The zero-order valence-electron chi connectivity index (χ0n) is 17.2. The van der Waals surface area contributed by atoms with Gasteiger partial charge in [0.15, 0.2) is 5.76 Å². The van der Waals surface area contributed by atoms with Crippen LogP contribution in [-0.4, -0.2) is 29.9 Å². The average molecular weight is 394 g/mol. The fourth-order valence-corrected chi connectivity index (χ4v) is 3.16. The molecular formula is C23H26N2O4. The summed E-state index contributed by atoms with van der Waals surface area (Å²) in [5.74, 6) is 0.678. The van der Waals surface area contributed by atoms with Crippen molar-refractivity contribution >= 4 is 5.97 Å². The van der Waals surface area contributed by atoms with Crippen LogP contribution in [0.2, 0.25) is 0 Å². The van der Waals surface area contributed by atoms with E-state index in [9.17, 15) is 4.79 Å². The number of hydrogen-bond donors (Lipinski definition) is 2. The number of nitrogens with zero attached hydrogens (tertiary/aromatic N) is 1. The minimum absolute atomic E-state index is 0.0903. The molecule has 0 fully saturated rings. The third-order valence-corrected chi connectivity index (χ3v) is 5.01. The van der Waals surface area contributed by atoms with Crippen molar-refractivity contribution in [2.75, 3.05) is 13.7 Å². The minimum Gasteiger partial charge on any atom is -0.496 e. The van der Waals surface area contributed by atoms with Gasteiger partial charge in [-0.3, -0.25) is 4.79 Å². The summed E-state index contributed by atoms with van der Waals surface area (Å²) in [7, 11) is 1.65. The van der Waals surface area contributed by atoms with E-state index < -0.39 is 5.97 Å². The van der Waals surface area contributed by atoms with E-state index >= 15 is 0 Å². The first-order valence-electron chi connectivity index (χ1n) is 9.49. The third kappa shape index (κ3) is 4.84. The number of hydrogen-bond acceptors (Lipinski definition) is 5. The van der Waals surface area contributed by atoms with Gasteiger partial charge in [0.1, 0.15) is 11.4 Å². The van der Waals surface area contributed by atoms with Crippen LogP contribution >= 0.6 is 0 Å². The van der Waals surface area contributed by atoms with Crippen molar-refractivity contribution < 1.29 is 19.2 Å². The Hall–Kier alpha value is -3.12. The van der Waals surface area contributed by atoms with Gasteiger partial charge in [-0.1, -0.05) is 41.6 Å². The van der Waals surface area contributed by atoms with Gasteiger partial charge in [-0.25, -0.2) is 0 Å². The molecule has 3 aromatic rings. The Morgan fingerprint density at radius 2 is 1.83 bits per heavy atom. The predicted molar refractivity (Wildman–Crippen MR) is 112 cm³/mol. The van der Waals surface area contributed by atoms with Crippen LogP contribution in [0.15, 0.2) is 53.1 Å². The zero-order chi connectivity index (χ0) is 21.0. The second-order valence-corrected chi connectivity index (χ2v) is 7.53. The summed E-state index contributed by atoms with van der Waals surface area (Å²) in [5.41, 5.74) is 4.41. The molecule has 0 unspecified atom stereocenters. The topological polar surface area (TPSA) is 84.6 Å². The van der Waals surface area contributed by atoms with Gasteiger partial charge in [-0.15, -0.1) is 0 Å². The molecule has 1 aromatic heterocycles. The van der Waals surface area contributed by atoms with Crippen LogP contribution in [0.1, 0.15) is 31.4 Å². The van der Waals surface area contributed by atoms with E-state index in [0.717, 1.165) is 33.7 Å². The molecule has 0 bridgehead atoms. The van der Waals surface area contributed by atoms with Gasteiger partial charge in [0.25, 0.3) is 0 Å². The largest absolute Gasteiger partial charge is 0.496 e. The van der Waals surface area contributed by atoms with Crippen LogP contribution < -0.4 is 10.1 Å². The first-order valence-corrected chi connectivity index (χ1v) is 9.49. The normalized spacial score (nSPS) is 11.4. The molecule has 0 aliphatic carbocycles. The third-order valence-electron chi connectivity index (χ3n) is 5.01. The van der Waals surface area contributed by atoms with Crippen molar-refractivity contribution in [2.45, 2.75) is 32.7 Å². The number of carboxylic acid groups (broad SMARTS) is 1. The number of aryl methyl sites for hydroxylation is 1. The molecule has 2 N–H and O–H groups in total.